The summed E-state index contributed by atoms with van der Waals surface area (Å²) in [7, 11) is 0. The first-order valence-corrected chi connectivity index (χ1v) is 5.84. The molecule has 3 rings (SSSR count). The highest BCUT2D eigenvalue weighted by molar-refractivity contribution is 5.24. The standard InChI is InChI=1S/C12H18N2O/c1-12(2)5-10(14-8-3-4-8)9-7-13-15-11(9)6-12/h7-8,10,14H,3-6H2,1-2H3. The highest BCUT2D eigenvalue weighted by atomic mass is 16.5. The van der Waals surface area contributed by atoms with Crippen LogP contribution in [0.3, 0.4) is 0 Å². The molecule has 82 valence electrons. The molecule has 0 spiro atoms. The van der Waals surface area contributed by atoms with Gasteiger partial charge < -0.3 is 9.84 Å². The number of nitrogens with one attached hydrogen (secondary N) is 1. The van der Waals surface area contributed by atoms with Crippen LogP contribution in [0, 0.1) is 5.41 Å². The Labute approximate surface area is 90.2 Å². The number of aromatic nitrogens is 1. The van der Waals surface area contributed by atoms with Crippen LogP contribution >= 0.6 is 0 Å². The van der Waals surface area contributed by atoms with E-state index in [-0.39, 0.29) is 0 Å². The van der Waals surface area contributed by atoms with E-state index >= 15 is 0 Å². The van der Waals surface area contributed by atoms with Gasteiger partial charge in [-0.15, -0.1) is 0 Å². The molecule has 1 atom stereocenters. The summed E-state index contributed by atoms with van der Waals surface area (Å²) in [6.45, 7) is 4.61. The molecule has 0 radical (unpaired) electrons. The van der Waals surface area contributed by atoms with Gasteiger partial charge in [-0.3, -0.25) is 0 Å². The zero-order valence-corrected chi connectivity index (χ0v) is 9.42. The van der Waals surface area contributed by atoms with Crippen molar-refractivity contribution in [3.8, 4) is 0 Å². The molecule has 15 heavy (non-hydrogen) atoms. The second-order valence-corrected chi connectivity index (χ2v) is 5.74. The molecule has 0 aromatic carbocycles. The summed E-state index contributed by atoms with van der Waals surface area (Å²) in [5, 5.41) is 7.62. The monoisotopic (exact) mass is 206 g/mol. The molecule has 1 heterocycles. The predicted molar refractivity (Wildman–Crippen MR) is 57.5 cm³/mol. The zero-order chi connectivity index (χ0) is 10.5. The van der Waals surface area contributed by atoms with E-state index in [1.807, 2.05) is 6.20 Å². The molecule has 1 aromatic rings. The molecule has 1 N–H and O–H groups in total. The van der Waals surface area contributed by atoms with E-state index in [2.05, 4.69) is 24.3 Å². The maximum absolute atomic E-state index is 5.33. The van der Waals surface area contributed by atoms with Crippen LogP contribution in [0.1, 0.15) is 50.5 Å². The van der Waals surface area contributed by atoms with Crippen molar-refractivity contribution >= 4 is 0 Å². The van der Waals surface area contributed by atoms with Crippen LogP contribution in [0.15, 0.2) is 10.7 Å². The van der Waals surface area contributed by atoms with Gasteiger partial charge in [0.15, 0.2) is 0 Å². The van der Waals surface area contributed by atoms with Gasteiger partial charge in [-0.1, -0.05) is 19.0 Å². The molecule has 1 fully saturated rings. The molecular formula is C12H18N2O. The SMILES string of the molecule is CC1(C)Cc2oncc2C(NC2CC2)C1. The van der Waals surface area contributed by atoms with Gasteiger partial charge in [-0.2, -0.15) is 0 Å². The molecule has 3 nitrogen and oxygen atoms in total. The minimum absolute atomic E-state index is 0.332. The molecule has 0 amide bonds. The Bertz CT molecular complexity index is 365. The second-order valence-electron chi connectivity index (χ2n) is 5.74. The summed E-state index contributed by atoms with van der Waals surface area (Å²) in [5.74, 6) is 1.09. The Morgan fingerprint density at radius 3 is 3.00 bits per heavy atom. The molecule has 3 heteroatoms. The lowest BCUT2D eigenvalue weighted by molar-refractivity contribution is 0.224. The first-order valence-electron chi connectivity index (χ1n) is 5.84. The maximum Gasteiger partial charge on any atom is 0.142 e. The normalized spacial score (nSPS) is 28.8. The van der Waals surface area contributed by atoms with Crippen LogP contribution in [0.4, 0.5) is 0 Å². The average molecular weight is 206 g/mol. The summed E-state index contributed by atoms with van der Waals surface area (Å²) >= 11 is 0. The van der Waals surface area contributed by atoms with Gasteiger partial charge in [0.2, 0.25) is 0 Å². The van der Waals surface area contributed by atoms with Crippen LogP contribution in [0.5, 0.6) is 0 Å². The summed E-state index contributed by atoms with van der Waals surface area (Å²) in [6, 6.07) is 1.20. The lowest BCUT2D eigenvalue weighted by Crippen LogP contribution is -2.33. The van der Waals surface area contributed by atoms with Crippen molar-refractivity contribution in [1.29, 1.82) is 0 Å². The van der Waals surface area contributed by atoms with Gasteiger partial charge in [0, 0.05) is 24.1 Å². The minimum atomic E-state index is 0.332. The largest absolute Gasteiger partial charge is 0.361 e. The van der Waals surface area contributed by atoms with Crippen molar-refractivity contribution in [3.63, 3.8) is 0 Å². The third-order valence-corrected chi connectivity index (χ3v) is 3.46. The Kier molecular flexibility index (Phi) is 1.93. The van der Waals surface area contributed by atoms with E-state index in [0.717, 1.165) is 18.2 Å². The fourth-order valence-corrected chi connectivity index (χ4v) is 2.54. The Balaban J connectivity index is 1.87. The third-order valence-electron chi connectivity index (χ3n) is 3.46. The summed E-state index contributed by atoms with van der Waals surface area (Å²) in [4.78, 5) is 0. The quantitative estimate of drug-likeness (QED) is 0.807. The fourth-order valence-electron chi connectivity index (χ4n) is 2.54. The van der Waals surface area contributed by atoms with E-state index < -0.39 is 0 Å². The van der Waals surface area contributed by atoms with E-state index in [1.165, 1.54) is 24.8 Å². The van der Waals surface area contributed by atoms with Crippen molar-refractivity contribution in [2.24, 2.45) is 5.41 Å². The topological polar surface area (TPSA) is 38.1 Å². The lowest BCUT2D eigenvalue weighted by Gasteiger charge is -2.34. The number of hydrogen-bond acceptors (Lipinski definition) is 3. The average Bonchev–Trinajstić information content (AvgIpc) is 2.81. The number of rotatable bonds is 2. The van der Waals surface area contributed by atoms with Crippen LogP contribution < -0.4 is 5.32 Å². The van der Waals surface area contributed by atoms with E-state index in [0.29, 0.717) is 11.5 Å². The van der Waals surface area contributed by atoms with Gasteiger partial charge in [0.25, 0.3) is 0 Å². The smallest absolute Gasteiger partial charge is 0.142 e. The second kappa shape index (κ2) is 3.08. The van der Waals surface area contributed by atoms with Crippen LogP contribution in [0.2, 0.25) is 0 Å². The first kappa shape index (κ1) is 9.40. The highest BCUT2D eigenvalue weighted by Gasteiger charge is 2.37. The van der Waals surface area contributed by atoms with Gasteiger partial charge in [0.05, 0.1) is 6.20 Å². The number of hydrogen-bond donors (Lipinski definition) is 1. The maximum atomic E-state index is 5.33. The van der Waals surface area contributed by atoms with E-state index in [4.69, 9.17) is 4.52 Å². The summed E-state index contributed by atoms with van der Waals surface area (Å²) in [6.07, 6.45) is 6.77. The molecule has 0 bridgehead atoms. The van der Waals surface area contributed by atoms with Crippen molar-refractivity contribution in [2.45, 2.75) is 51.6 Å². The van der Waals surface area contributed by atoms with Crippen molar-refractivity contribution in [2.75, 3.05) is 0 Å². The van der Waals surface area contributed by atoms with Crippen molar-refractivity contribution in [1.82, 2.24) is 10.5 Å². The predicted octanol–water partition coefficient (Wildman–Crippen LogP) is 2.44. The summed E-state index contributed by atoms with van der Waals surface area (Å²) in [5.41, 5.74) is 1.63. The Morgan fingerprint density at radius 2 is 2.27 bits per heavy atom. The highest BCUT2D eigenvalue weighted by Crippen LogP contribution is 2.41. The first-order chi connectivity index (χ1) is 7.14. The van der Waals surface area contributed by atoms with Gasteiger partial charge in [-0.05, 0) is 24.7 Å². The Morgan fingerprint density at radius 1 is 1.47 bits per heavy atom. The molecule has 2 aliphatic carbocycles. The molecule has 1 aromatic heterocycles. The molecular weight excluding hydrogens is 188 g/mol. The van der Waals surface area contributed by atoms with Crippen LogP contribution in [-0.2, 0) is 6.42 Å². The molecule has 0 saturated heterocycles. The lowest BCUT2D eigenvalue weighted by atomic mass is 9.75. The molecule has 1 unspecified atom stereocenters. The summed E-state index contributed by atoms with van der Waals surface area (Å²) < 4.78 is 5.33. The van der Waals surface area contributed by atoms with Crippen molar-refractivity contribution < 1.29 is 4.52 Å². The van der Waals surface area contributed by atoms with Crippen LogP contribution in [-0.4, -0.2) is 11.2 Å². The van der Waals surface area contributed by atoms with Gasteiger partial charge >= 0.3 is 0 Å². The van der Waals surface area contributed by atoms with Gasteiger partial charge in [-0.25, -0.2) is 0 Å². The Hall–Kier alpha value is -0.830. The third kappa shape index (κ3) is 1.81. The fraction of sp³-hybridized carbons (Fsp3) is 0.750. The van der Waals surface area contributed by atoms with Gasteiger partial charge in [0.1, 0.15) is 5.76 Å². The van der Waals surface area contributed by atoms with E-state index in [1.54, 1.807) is 0 Å². The number of fused-ring (bicyclic) bond motifs is 1. The van der Waals surface area contributed by atoms with Crippen molar-refractivity contribution in [3.05, 3.63) is 17.5 Å². The van der Waals surface area contributed by atoms with E-state index in [9.17, 15) is 0 Å². The zero-order valence-electron chi connectivity index (χ0n) is 9.42. The molecule has 1 saturated carbocycles. The minimum Gasteiger partial charge on any atom is -0.361 e. The number of nitrogens with zero attached hydrogens (tertiary/aromatic N) is 1. The molecule has 0 aliphatic heterocycles. The molecule has 2 aliphatic rings. The van der Waals surface area contributed by atoms with Crippen LogP contribution in [0.25, 0.3) is 0 Å².